The second-order valence-corrected chi connectivity index (χ2v) is 7.42. The van der Waals surface area contributed by atoms with Crippen LogP contribution in [0.1, 0.15) is 24.0 Å². The fourth-order valence-corrected chi connectivity index (χ4v) is 3.88. The lowest BCUT2D eigenvalue weighted by Crippen LogP contribution is -2.46. The van der Waals surface area contributed by atoms with Crippen LogP contribution >= 0.6 is 11.6 Å². The van der Waals surface area contributed by atoms with Crippen LogP contribution in [-0.4, -0.2) is 41.7 Å². The summed E-state index contributed by atoms with van der Waals surface area (Å²) in [6.07, 6.45) is 1.92. The van der Waals surface area contributed by atoms with Gasteiger partial charge in [-0.1, -0.05) is 35.9 Å². The maximum atomic E-state index is 11.4. The predicted octanol–water partition coefficient (Wildman–Crippen LogP) is 4.20. The van der Waals surface area contributed by atoms with E-state index in [1.165, 1.54) is 11.3 Å². The molecule has 1 aliphatic heterocycles. The number of rotatable bonds is 6. The SMILES string of the molecule is Cc1cccc(N2CCC(N(CC(=O)O)Cc3cccc(Cl)c3)CC2)c1. The Balaban J connectivity index is 1.66. The van der Waals surface area contributed by atoms with Gasteiger partial charge in [-0.2, -0.15) is 0 Å². The number of carbonyl (C=O) groups is 1. The Labute approximate surface area is 160 Å². The highest BCUT2D eigenvalue weighted by molar-refractivity contribution is 6.30. The zero-order valence-electron chi connectivity index (χ0n) is 15.1. The van der Waals surface area contributed by atoms with E-state index >= 15 is 0 Å². The lowest BCUT2D eigenvalue weighted by atomic mass is 10.0. The number of nitrogens with zero attached hydrogens (tertiary/aromatic N) is 2. The summed E-state index contributed by atoms with van der Waals surface area (Å²) >= 11 is 6.08. The van der Waals surface area contributed by atoms with Gasteiger partial charge in [-0.15, -0.1) is 0 Å². The Kier molecular flexibility index (Phi) is 6.17. The molecule has 1 aliphatic rings. The zero-order chi connectivity index (χ0) is 18.5. The summed E-state index contributed by atoms with van der Waals surface area (Å²) in [5.41, 5.74) is 3.57. The molecule has 0 bridgehead atoms. The molecule has 2 aromatic rings. The van der Waals surface area contributed by atoms with Gasteiger partial charge < -0.3 is 10.0 Å². The van der Waals surface area contributed by atoms with Crippen LogP contribution in [0.3, 0.4) is 0 Å². The molecule has 2 aromatic carbocycles. The molecule has 5 heteroatoms. The van der Waals surface area contributed by atoms with Gasteiger partial charge in [0.1, 0.15) is 0 Å². The first kappa shape index (κ1) is 18.7. The van der Waals surface area contributed by atoms with Gasteiger partial charge in [-0.05, 0) is 55.2 Å². The first-order chi connectivity index (χ1) is 12.5. The first-order valence-electron chi connectivity index (χ1n) is 9.03. The number of carboxylic acid groups (broad SMARTS) is 1. The van der Waals surface area contributed by atoms with Crippen molar-refractivity contribution in [3.8, 4) is 0 Å². The molecule has 26 heavy (non-hydrogen) atoms. The number of hydrogen-bond acceptors (Lipinski definition) is 3. The normalized spacial score (nSPS) is 15.4. The van der Waals surface area contributed by atoms with E-state index in [9.17, 15) is 9.90 Å². The van der Waals surface area contributed by atoms with Crippen LogP contribution in [0.2, 0.25) is 5.02 Å². The number of piperidine rings is 1. The Bertz CT molecular complexity index is 757. The predicted molar refractivity (Wildman–Crippen MR) is 106 cm³/mol. The van der Waals surface area contributed by atoms with Gasteiger partial charge >= 0.3 is 5.97 Å². The lowest BCUT2D eigenvalue weighted by molar-refractivity contribution is -0.139. The number of anilines is 1. The third kappa shape index (κ3) is 4.99. The minimum absolute atomic E-state index is 0.0572. The van der Waals surface area contributed by atoms with E-state index in [1.807, 2.05) is 24.3 Å². The van der Waals surface area contributed by atoms with Crippen molar-refractivity contribution in [2.45, 2.75) is 32.4 Å². The molecule has 1 fully saturated rings. The van der Waals surface area contributed by atoms with E-state index in [2.05, 4.69) is 41.0 Å². The largest absolute Gasteiger partial charge is 0.480 e. The summed E-state index contributed by atoms with van der Waals surface area (Å²) in [6.45, 7) is 4.67. The van der Waals surface area contributed by atoms with Crippen molar-refractivity contribution in [1.82, 2.24) is 4.90 Å². The average Bonchev–Trinajstić information content (AvgIpc) is 2.61. The van der Waals surface area contributed by atoms with Gasteiger partial charge in [0.05, 0.1) is 6.54 Å². The number of aliphatic carboxylic acids is 1. The molecule has 138 valence electrons. The van der Waals surface area contributed by atoms with Crippen LogP contribution in [-0.2, 0) is 11.3 Å². The number of hydrogen-bond donors (Lipinski definition) is 1. The second-order valence-electron chi connectivity index (χ2n) is 6.99. The second kappa shape index (κ2) is 8.56. The van der Waals surface area contributed by atoms with E-state index in [0.29, 0.717) is 11.6 Å². The minimum Gasteiger partial charge on any atom is -0.480 e. The molecule has 4 nitrogen and oxygen atoms in total. The minimum atomic E-state index is -0.784. The summed E-state index contributed by atoms with van der Waals surface area (Å²) < 4.78 is 0. The van der Waals surface area contributed by atoms with Crippen molar-refractivity contribution in [1.29, 1.82) is 0 Å². The Hall–Kier alpha value is -2.04. The van der Waals surface area contributed by atoms with Crippen molar-refractivity contribution in [2.75, 3.05) is 24.5 Å². The molecule has 1 saturated heterocycles. The van der Waals surface area contributed by atoms with Crippen molar-refractivity contribution in [3.63, 3.8) is 0 Å². The van der Waals surface area contributed by atoms with Gasteiger partial charge in [0.25, 0.3) is 0 Å². The number of aryl methyl sites for hydroxylation is 1. The van der Waals surface area contributed by atoms with E-state index in [1.54, 1.807) is 0 Å². The molecule has 0 aliphatic carbocycles. The van der Waals surface area contributed by atoms with Crippen molar-refractivity contribution in [2.24, 2.45) is 0 Å². The van der Waals surface area contributed by atoms with Crippen LogP contribution in [0.25, 0.3) is 0 Å². The first-order valence-corrected chi connectivity index (χ1v) is 9.41. The molecule has 0 amide bonds. The average molecular weight is 373 g/mol. The highest BCUT2D eigenvalue weighted by Crippen LogP contribution is 2.24. The summed E-state index contributed by atoms with van der Waals surface area (Å²) in [4.78, 5) is 15.8. The topological polar surface area (TPSA) is 43.8 Å². The molecule has 0 spiro atoms. The van der Waals surface area contributed by atoms with Crippen molar-refractivity contribution >= 4 is 23.3 Å². The van der Waals surface area contributed by atoms with Gasteiger partial charge in [-0.3, -0.25) is 9.69 Å². The fraction of sp³-hybridized carbons (Fsp3) is 0.381. The fourth-order valence-electron chi connectivity index (χ4n) is 3.67. The molecule has 0 radical (unpaired) electrons. The summed E-state index contributed by atoms with van der Waals surface area (Å²) in [5, 5.41) is 10.0. The number of benzene rings is 2. The lowest BCUT2D eigenvalue weighted by Gasteiger charge is -2.39. The van der Waals surface area contributed by atoms with E-state index < -0.39 is 5.97 Å². The maximum Gasteiger partial charge on any atom is 0.317 e. The third-order valence-corrected chi connectivity index (χ3v) is 5.20. The highest BCUT2D eigenvalue weighted by atomic mass is 35.5. The molecule has 1 heterocycles. The van der Waals surface area contributed by atoms with Crippen molar-refractivity contribution < 1.29 is 9.90 Å². The molecular weight excluding hydrogens is 348 g/mol. The highest BCUT2D eigenvalue weighted by Gasteiger charge is 2.26. The van der Waals surface area contributed by atoms with Crippen LogP contribution < -0.4 is 4.90 Å². The van der Waals surface area contributed by atoms with Gasteiger partial charge in [0.15, 0.2) is 0 Å². The molecule has 1 N–H and O–H groups in total. The van der Waals surface area contributed by atoms with Crippen LogP contribution in [0.4, 0.5) is 5.69 Å². The third-order valence-electron chi connectivity index (χ3n) is 4.96. The number of carboxylic acids is 1. The summed E-state index contributed by atoms with van der Waals surface area (Å²) in [7, 11) is 0. The molecular formula is C21H25ClN2O2. The quantitative estimate of drug-likeness (QED) is 0.825. The molecule has 0 saturated carbocycles. The standard InChI is InChI=1S/C21H25ClN2O2/c1-16-4-2-7-20(12-16)23-10-8-19(9-11-23)24(15-21(25)26)14-17-5-3-6-18(22)13-17/h2-7,12-13,19H,8-11,14-15H2,1H3,(H,25,26). The zero-order valence-corrected chi connectivity index (χ0v) is 15.8. The molecule has 0 unspecified atom stereocenters. The Morgan fingerprint density at radius 3 is 2.58 bits per heavy atom. The number of halogens is 1. The van der Waals surface area contributed by atoms with E-state index in [0.717, 1.165) is 31.5 Å². The van der Waals surface area contributed by atoms with Crippen LogP contribution in [0.15, 0.2) is 48.5 Å². The van der Waals surface area contributed by atoms with Crippen LogP contribution in [0, 0.1) is 6.92 Å². The Morgan fingerprint density at radius 2 is 1.92 bits per heavy atom. The van der Waals surface area contributed by atoms with E-state index in [4.69, 9.17) is 11.6 Å². The molecule has 0 aromatic heterocycles. The van der Waals surface area contributed by atoms with E-state index in [-0.39, 0.29) is 12.6 Å². The van der Waals surface area contributed by atoms with Crippen LogP contribution in [0.5, 0.6) is 0 Å². The smallest absolute Gasteiger partial charge is 0.317 e. The summed E-state index contributed by atoms with van der Waals surface area (Å²) in [5.74, 6) is -0.784. The van der Waals surface area contributed by atoms with Gasteiger partial charge in [-0.25, -0.2) is 0 Å². The molecule has 0 atom stereocenters. The molecule has 3 rings (SSSR count). The maximum absolute atomic E-state index is 11.4. The monoisotopic (exact) mass is 372 g/mol. The van der Waals surface area contributed by atoms with Gasteiger partial charge in [0, 0.05) is 36.4 Å². The summed E-state index contributed by atoms with van der Waals surface area (Å²) in [6, 6.07) is 16.5. The van der Waals surface area contributed by atoms with Crippen molar-refractivity contribution in [3.05, 3.63) is 64.7 Å². The Morgan fingerprint density at radius 1 is 1.19 bits per heavy atom. The van der Waals surface area contributed by atoms with Gasteiger partial charge in [0.2, 0.25) is 0 Å².